The third-order valence-corrected chi connectivity index (χ3v) is 2.00. The van der Waals surface area contributed by atoms with Crippen LogP contribution in [0.25, 0.3) is 0 Å². The molecule has 0 spiro atoms. The first kappa shape index (κ1) is 11.0. The first-order valence-electron chi connectivity index (χ1n) is 4.68. The van der Waals surface area contributed by atoms with Crippen molar-refractivity contribution >= 4 is 0 Å². The van der Waals surface area contributed by atoms with Gasteiger partial charge in [0, 0.05) is 0 Å². The highest BCUT2D eigenvalue weighted by Gasteiger charge is 2.15. The van der Waals surface area contributed by atoms with Crippen molar-refractivity contribution in [2.75, 3.05) is 6.61 Å². The van der Waals surface area contributed by atoms with Gasteiger partial charge in [0.05, 0.1) is 6.61 Å². The quantitative estimate of drug-likeness (QED) is 0.725. The largest absolute Gasteiger partial charge is 0.491 e. The van der Waals surface area contributed by atoms with Crippen molar-refractivity contribution in [3.63, 3.8) is 0 Å². The lowest BCUT2D eigenvalue weighted by Gasteiger charge is -2.10. The molecule has 0 unspecified atom stereocenters. The van der Waals surface area contributed by atoms with E-state index >= 15 is 0 Å². The molecular weight excluding hydrogens is 186 g/mol. The Hall–Kier alpha value is -1.12. The van der Waals surface area contributed by atoms with Gasteiger partial charge >= 0.3 is 0 Å². The maximum atomic E-state index is 13.4. The SMILES string of the molecule is CCOc1ccc(C(C)C)c(F)c1F. The van der Waals surface area contributed by atoms with E-state index in [0.29, 0.717) is 12.2 Å². The average Bonchev–Trinajstić information content (AvgIpc) is 2.13. The highest BCUT2D eigenvalue weighted by molar-refractivity contribution is 5.32. The minimum atomic E-state index is -0.891. The maximum absolute atomic E-state index is 13.4. The summed E-state index contributed by atoms with van der Waals surface area (Å²) in [7, 11) is 0. The van der Waals surface area contributed by atoms with Crippen LogP contribution in [0.5, 0.6) is 5.75 Å². The highest BCUT2D eigenvalue weighted by atomic mass is 19.2. The van der Waals surface area contributed by atoms with Crippen LogP contribution in [-0.4, -0.2) is 6.61 Å². The molecule has 0 aromatic heterocycles. The summed E-state index contributed by atoms with van der Waals surface area (Å²) in [5.74, 6) is -1.74. The van der Waals surface area contributed by atoms with Crippen molar-refractivity contribution in [2.24, 2.45) is 0 Å². The zero-order valence-electron chi connectivity index (χ0n) is 8.60. The second-order valence-corrected chi connectivity index (χ2v) is 3.37. The van der Waals surface area contributed by atoms with Crippen molar-refractivity contribution in [1.29, 1.82) is 0 Å². The van der Waals surface area contributed by atoms with Crippen LogP contribution in [0.3, 0.4) is 0 Å². The highest BCUT2D eigenvalue weighted by Crippen LogP contribution is 2.26. The molecule has 78 valence electrons. The molecule has 0 saturated heterocycles. The molecule has 1 nitrogen and oxygen atoms in total. The second-order valence-electron chi connectivity index (χ2n) is 3.37. The maximum Gasteiger partial charge on any atom is 0.200 e. The van der Waals surface area contributed by atoms with E-state index in [2.05, 4.69) is 0 Å². The first-order chi connectivity index (χ1) is 6.57. The summed E-state index contributed by atoms with van der Waals surface area (Å²) in [4.78, 5) is 0. The molecule has 0 aliphatic carbocycles. The van der Waals surface area contributed by atoms with E-state index < -0.39 is 11.6 Å². The Labute approximate surface area is 82.7 Å². The molecule has 1 aromatic rings. The molecule has 0 radical (unpaired) electrons. The summed E-state index contributed by atoms with van der Waals surface area (Å²) in [5.41, 5.74) is 0.381. The number of rotatable bonds is 3. The number of benzene rings is 1. The molecule has 1 aromatic carbocycles. The predicted molar refractivity (Wildman–Crippen MR) is 51.6 cm³/mol. The zero-order valence-corrected chi connectivity index (χ0v) is 8.60. The molecule has 0 N–H and O–H groups in total. The van der Waals surface area contributed by atoms with E-state index in [1.165, 1.54) is 6.07 Å². The fraction of sp³-hybridized carbons (Fsp3) is 0.455. The summed E-state index contributed by atoms with van der Waals surface area (Å²) >= 11 is 0. The molecule has 0 bridgehead atoms. The molecular formula is C11H14F2O. The molecule has 3 heteroatoms. The fourth-order valence-electron chi connectivity index (χ4n) is 1.26. The fourth-order valence-corrected chi connectivity index (χ4v) is 1.26. The van der Waals surface area contributed by atoms with Gasteiger partial charge in [-0.1, -0.05) is 19.9 Å². The van der Waals surface area contributed by atoms with Crippen molar-refractivity contribution in [3.8, 4) is 5.75 Å². The van der Waals surface area contributed by atoms with Crippen LogP contribution in [0.4, 0.5) is 8.78 Å². The molecule has 0 fully saturated rings. The Morgan fingerprint density at radius 1 is 1.21 bits per heavy atom. The van der Waals surface area contributed by atoms with Gasteiger partial charge in [-0.2, -0.15) is 4.39 Å². The summed E-state index contributed by atoms with van der Waals surface area (Å²) in [6.45, 7) is 5.70. The predicted octanol–water partition coefficient (Wildman–Crippen LogP) is 3.49. The van der Waals surface area contributed by atoms with Crippen LogP contribution in [0, 0.1) is 11.6 Å². The minimum Gasteiger partial charge on any atom is -0.491 e. The van der Waals surface area contributed by atoms with Gasteiger partial charge in [-0.3, -0.25) is 0 Å². The third kappa shape index (κ3) is 2.03. The normalized spacial score (nSPS) is 10.7. The number of ether oxygens (including phenoxy) is 1. The Bertz CT molecular complexity index is 321. The van der Waals surface area contributed by atoms with Crippen LogP contribution in [0.1, 0.15) is 32.3 Å². The van der Waals surface area contributed by atoms with Gasteiger partial charge < -0.3 is 4.74 Å². The average molecular weight is 200 g/mol. The van der Waals surface area contributed by atoms with E-state index in [4.69, 9.17) is 4.74 Å². The van der Waals surface area contributed by atoms with Gasteiger partial charge in [0.25, 0.3) is 0 Å². The first-order valence-corrected chi connectivity index (χ1v) is 4.68. The zero-order chi connectivity index (χ0) is 10.7. The lowest BCUT2D eigenvalue weighted by atomic mass is 10.0. The molecule has 0 saturated carbocycles. The number of hydrogen-bond acceptors (Lipinski definition) is 1. The van der Waals surface area contributed by atoms with Crippen LogP contribution in [-0.2, 0) is 0 Å². The number of hydrogen-bond donors (Lipinski definition) is 0. The lowest BCUT2D eigenvalue weighted by Crippen LogP contribution is -2.01. The van der Waals surface area contributed by atoms with Gasteiger partial charge in [-0.25, -0.2) is 4.39 Å². The summed E-state index contributed by atoms with van der Waals surface area (Å²) in [6, 6.07) is 3.03. The Kier molecular flexibility index (Phi) is 3.44. The van der Waals surface area contributed by atoms with Crippen LogP contribution in [0.15, 0.2) is 12.1 Å². The molecule has 0 atom stereocenters. The van der Waals surface area contributed by atoms with E-state index in [9.17, 15) is 8.78 Å². The number of halogens is 2. The summed E-state index contributed by atoms with van der Waals surface area (Å²) in [5, 5.41) is 0. The van der Waals surface area contributed by atoms with Gasteiger partial charge in [0.15, 0.2) is 11.6 Å². The van der Waals surface area contributed by atoms with Crippen molar-refractivity contribution in [2.45, 2.75) is 26.7 Å². The second kappa shape index (κ2) is 4.40. The Balaban J connectivity index is 3.12. The Morgan fingerprint density at radius 3 is 2.36 bits per heavy atom. The van der Waals surface area contributed by atoms with Crippen LogP contribution in [0.2, 0.25) is 0 Å². The van der Waals surface area contributed by atoms with Crippen molar-refractivity contribution in [3.05, 3.63) is 29.3 Å². The summed E-state index contributed by atoms with van der Waals surface area (Å²) < 4.78 is 31.6. The van der Waals surface area contributed by atoms with E-state index in [0.717, 1.165) is 0 Å². The van der Waals surface area contributed by atoms with Gasteiger partial charge in [0.1, 0.15) is 0 Å². The monoisotopic (exact) mass is 200 g/mol. The molecule has 0 aliphatic rings. The molecule has 1 rings (SSSR count). The van der Waals surface area contributed by atoms with Crippen molar-refractivity contribution < 1.29 is 13.5 Å². The third-order valence-electron chi connectivity index (χ3n) is 2.00. The van der Waals surface area contributed by atoms with E-state index in [1.54, 1.807) is 13.0 Å². The summed E-state index contributed by atoms with van der Waals surface area (Å²) in [6.07, 6.45) is 0. The molecule has 0 amide bonds. The van der Waals surface area contributed by atoms with E-state index in [1.807, 2.05) is 13.8 Å². The topological polar surface area (TPSA) is 9.23 Å². The van der Waals surface area contributed by atoms with Gasteiger partial charge in [-0.15, -0.1) is 0 Å². The molecule has 14 heavy (non-hydrogen) atoms. The Morgan fingerprint density at radius 2 is 1.86 bits per heavy atom. The minimum absolute atomic E-state index is 0.0191. The van der Waals surface area contributed by atoms with Gasteiger partial charge in [-0.05, 0) is 24.5 Å². The smallest absolute Gasteiger partial charge is 0.200 e. The van der Waals surface area contributed by atoms with Gasteiger partial charge in [0.2, 0.25) is 5.82 Å². The molecule has 0 heterocycles. The lowest BCUT2D eigenvalue weighted by molar-refractivity contribution is 0.313. The van der Waals surface area contributed by atoms with Crippen LogP contribution < -0.4 is 4.74 Å². The standard InChI is InChI=1S/C11H14F2O/c1-4-14-9-6-5-8(7(2)3)10(12)11(9)13/h5-7H,4H2,1-3H3. The van der Waals surface area contributed by atoms with Crippen molar-refractivity contribution in [1.82, 2.24) is 0 Å². The molecule has 0 aliphatic heterocycles. The van der Waals surface area contributed by atoms with Crippen LogP contribution >= 0.6 is 0 Å². The van der Waals surface area contributed by atoms with E-state index in [-0.39, 0.29) is 11.7 Å².